The molecule has 0 bridgehead atoms. The highest BCUT2D eigenvalue weighted by Gasteiger charge is 2.26. The van der Waals surface area contributed by atoms with E-state index in [1.807, 2.05) is 19.0 Å². The van der Waals surface area contributed by atoms with Gasteiger partial charge in [-0.15, -0.1) is 0 Å². The molecule has 0 aliphatic carbocycles. The number of hydrogen-bond donors (Lipinski definition) is 1. The quantitative estimate of drug-likeness (QED) is 0.924. The van der Waals surface area contributed by atoms with Crippen molar-refractivity contribution in [1.29, 1.82) is 0 Å². The molecule has 0 radical (unpaired) electrons. The summed E-state index contributed by atoms with van der Waals surface area (Å²) >= 11 is 0. The van der Waals surface area contributed by atoms with Crippen LogP contribution in [0, 0.1) is 0 Å². The number of nitrogen functional groups attached to an aromatic ring is 1. The summed E-state index contributed by atoms with van der Waals surface area (Å²) in [6, 6.07) is 8.54. The predicted molar refractivity (Wildman–Crippen MR) is 84.5 cm³/mol. The third-order valence-corrected chi connectivity index (χ3v) is 3.82. The van der Waals surface area contributed by atoms with Crippen molar-refractivity contribution in [3.63, 3.8) is 0 Å². The fraction of sp³-hybridized carbons (Fsp3) is 0.400. The van der Waals surface area contributed by atoms with Crippen molar-refractivity contribution in [3.05, 3.63) is 35.7 Å². The summed E-state index contributed by atoms with van der Waals surface area (Å²) in [5, 5.41) is 0. The van der Waals surface area contributed by atoms with Crippen LogP contribution in [0.15, 0.2) is 24.3 Å². The average molecular weight is 284 g/mol. The van der Waals surface area contributed by atoms with Crippen LogP contribution < -0.4 is 15.5 Å². The first-order chi connectivity index (χ1) is 10.1. The molecule has 21 heavy (non-hydrogen) atoms. The number of nitrogens with two attached hydrogens (primary N) is 1. The fourth-order valence-electron chi connectivity index (χ4n) is 2.69. The number of hydrogen-bond acceptors (Lipinski definition) is 6. The Morgan fingerprint density at radius 3 is 2.71 bits per heavy atom. The Bertz CT molecular complexity index is 654. The highest BCUT2D eigenvalue weighted by atomic mass is 15.3. The third-order valence-electron chi connectivity index (χ3n) is 3.82. The Hall–Kier alpha value is -2.37. The van der Waals surface area contributed by atoms with Gasteiger partial charge in [0.2, 0.25) is 11.9 Å². The second-order valence-electron chi connectivity index (χ2n) is 5.49. The summed E-state index contributed by atoms with van der Waals surface area (Å²) in [5.41, 5.74) is 8.45. The summed E-state index contributed by atoms with van der Waals surface area (Å²) in [6.45, 7) is 3.08. The van der Waals surface area contributed by atoms with E-state index >= 15 is 0 Å². The first kappa shape index (κ1) is 13.6. The number of fused-ring (bicyclic) bond motifs is 1. The molecule has 2 aromatic rings. The maximum atomic E-state index is 5.82. The monoisotopic (exact) mass is 284 g/mol. The molecule has 0 fully saturated rings. The van der Waals surface area contributed by atoms with E-state index < -0.39 is 0 Å². The van der Waals surface area contributed by atoms with Crippen molar-refractivity contribution in [1.82, 2.24) is 15.0 Å². The van der Waals surface area contributed by atoms with Crippen LogP contribution in [0.1, 0.15) is 24.4 Å². The molecule has 0 saturated carbocycles. The average Bonchev–Trinajstić information content (AvgIpc) is 2.89. The van der Waals surface area contributed by atoms with Crippen LogP contribution in [0.2, 0.25) is 0 Å². The Morgan fingerprint density at radius 1 is 1.19 bits per heavy atom. The number of para-hydroxylation sites is 1. The molecular weight excluding hydrogens is 264 g/mol. The Morgan fingerprint density at radius 2 is 1.95 bits per heavy atom. The maximum Gasteiger partial charge on any atom is 0.229 e. The van der Waals surface area contributed by atoms with Crippen LogP contribution in [0.25, 0.3) is 0 Å². The minimum Gasteiger partial charge on any atom is -0.368 e. The Balaban J connectivity index is 1.95. The number of rotatable bonds is 3. The van der Waals surface area contributed by atoms with Gasteiger partial charge in [-0.25, -0.2) is 0 Å². The highest BCUT2D eigenvalue weighted by Crippen LogP contribution is 2.34. The van der Waals surface area contributed by atoms with Gasteiger partial charge in [-0.05, 0) is 25.0 Å². The molecule has 1 aliphatic heterocycles. The van der Waals surface area contributed by atoms with Crippen LogP contribution in [-0.4, -0.2) is 35.6 Å². The van der Waals surface area contributed by atoms with Crippen LogP contribution in [0.5, 0.6) is 0 Å². The molecule has 0 amide bonds. The lowest BCUT2D eigenvalue weighted by Gasteiger charge is -2.26. The standard InChI is InChI=1S/C15H20N6/c1-10(13-17-14(16)19-15(18-13)20(2)3)21-9-8-11-6-4-5-7-12(11)21/h4-7,10H,8-9H2,1-3H3,(H2,16,17,18,19). The van der Waals surface area contributed by atoms with Crippen molar-refractivity contribution >= 4 is 17.6 Å². The highest BCUT2D eigenvalue weighted by molar-refractivity contribution is 5.59. The van der Waals surface area contributed by atoms with Gasteiger partial charge >= 0.3 is 0 Å². The Labute approximate surface area is 124 Å². The zero-order valence-corrected chi connectivity index (χ0v) is 12.6. The minimum atomic E-state index is 0.0673. The molecule has 3 rings (SSSR count). The van der Waals surface area contributed by atoms with Gasteiger partial charge in [0.05, 0.1) is 6.04 Å². The van der Waals surface area contributed by atoms with Gasteiger partial charge in [-0.2, -0.15) is 15.0 Å². The molecule has 0 spiro atoms. The molecule has 2 heterocycles. The lowest BCUT2D eigenvalue weighted by molar-refractivity contribution is 0.648. The van der Waals surface area contributed by atoms with Gasteiger partial charge in [0.15, 0.2) is 5.82 Å². The SMILES string of the molecule is CC(c1nc(N)nc(N(C)C)n1)N1CCc2ccccc21. The first-order valence-electron chi connectivity index (χ1n) is 7.09. The zero-order chi connectivity index (χ0) is 15.0. The number of aromatic nitrogens is 3. The minimum absolute atomic E-state index is 0.0673. The van der Waals surface area contributed by atoms with Gasteiger partial charge < -0.3 is 15.5 Å². The smallest absolute Gasteiger partial charge is 0.229 e. The van der Waals surface area contributed by atoms with Crippen molar-refractivity contribution < 1.29 is 0 Å². The molecule has 1 aliphatic rings. The van der Waals surface area contributed by atoms with E-state index in [9.17, 15) is 0 Å². The van der Waals surface area contributed by atoms with E-state index in [2.05, 4.69) is 51.0 Å². The van der Waals surface area contributed by atoms with E-state index in [-0.39, 0.29) is 12.0 Å². The molecule has 6 nitrogen and oxygen atoms in total. The van der Waals surface area contributed by atoms with Gasteiger partial charge in [-0.1, -0.05) is 18.2 Å². The van der Waals surface area contributed by atoms with Gasteiger partial charge in [0.25, 0.3) is 0 Å². The third kappa shape index (κ3) is 2.49. The molecule has 110 valence electrons. The number of nitrogens with zero attached hydrogens (tertiary/aromatic N) is 5. The van der Waals surface area contributed by atoms with Gasteiger partial charge in [0, 0.05) is 26.3 Å². The van der Waals surface area contributed by atoms with Crippen molar-refractivity contribution in [3.8, 4) is 0 Å². The molecule has 1 aromatic heterocycles. The normalized spacial score (nSPS) is 14.9. The maximum absolute atomic E-state index is 5.82. The number of benzene rings is 1. The zero-order valence-electron chi connectivity index (χ0n) is 12.6. The lowest BCUT2D eigenvalue weighted by atomic mass is 10.2. The van der Waals surface area contributed by atoms with Crippen molar-refractivity contribution in [2.75, 3.05) is 36.2 Å². The van der Waals surface area contributed by atoms with Crippen LogP contribution in [0.4, 0.5) is 17.6 Å². The van der Waals surface area contributed by atoms with Crippen LogP contribution in [-0.2, 0) is 6.42 Å². The largest absolute Gasteiger partial charge is 0.368 e. The van der Waals surface area contributed by atoms with Crippen molar-refractivity contribution in [2.24, 2.45) is 0 Å². The second kappa shape index (κ2) is 5.20. The van der Waals surface area contributed by atoms with E-state index in [0.29, 0.717) is 11.8 Å². The lowest BCUT2D eigenvalue weighted by Crippen LogP contribution is -2.27. The summed E-state index contributed by atoms with van der Waals surface area (Å²) in [7, 11) is 3.79. The first-order valence-corrected chi connectivity index (χ1v) is 7.09. The van der Waals surface area contributed by atoms with Crippen molar-refractivity contribution in [2.45, 2.75) is 19.4 Å². The van der Waals surface area contributed by atoms with Gasteiger partial charge in [0.1, 0.15) is 0 Å². The molecular formula is C15H20N6. The molecule has 6 heteroatoms. The number of anilines is 3. The summed E-state index contributed by atoms with van der Waals surface area (Å²) in [5.74, 6) is 1.57. The molecule has 0 saturated heterocycles. The molecule has 1 atom stereocenters. The summed E-state index contributed by atoms with van der Waals surface area (Å²) in [6.07, 6.45) is 1.06. The van der Waals surface area contributed by atoms with E-state index in [4.69, 9.17) is 5.73 Å². The van der Waals surface area contributed by atoms with E-state index in [1.165, 1.54) is 11.3 Å². The van der Waals surface area contributed by atoms with Gasteiger partial charge in [-0.3, -0.25) is 0 Å². The second-order valence-corrected chi connectivity index (χ2v) is 5.49. The van der Waals surface area contributed by atoms with Crippen LogP contribution in [0.3, 0.4) is 0 Å². The molecule has 1 aromatic carbocycles. The predicted octanol–water partition coefficient (Wildman–Crippen LogP) is 1.64. The Kier molecular flexibility index (Phi) is 3.37. The van der Waals surface area contributed by atoms with E-state index in [1.54, 1.807) is 0 Å². The molecule has 1 unspecified atom stereocenters. The van der Waals surface area contributed by atoms with E-state index in [0.717, 1.165) is 13.0 Å². The topological polar surface area (TPSA) is 71.2 Å². The van der Waals surface area contributed by atoms with Crippen LogP contribution >= 0.6 is 0 Å². The fourth-order valence-corrected chi connectivity index (χ4v) is 2.69. The molecule has 2 N–H and O–H groups in total. The summed E-state index contributed by atoms with van der Waals surface area (Å²) < 4.78 is 0. The summed E-state index contributed by atoms with van der Waals surface area (Å²) in [4.78, 5) is 17.2.